The zero-order valence-corrected chi connectivity index (χ0v) is 17.4. The monoisotopic (exact) mass is 415 g/mol. The average Bonchev–Trinajstić information content (AvgIpc) is 2.97. The van der Waals surface area contributed by atoms with E-state index >= 15 is 0 Å². The molecule has 3 N–H and O–H groups in total. The largest absolute Gasteiger partial charge is 0.358 e. The van der Waals surface area contributed by atoms with Crippen molar-refractivity contribution in [1.29, 1.82) is 0 Å². The lowest BCUT2D eigenvalue weighted by Crippen LogP contribution is -2.25. The lowest BCUT2D eigenvalue weighted by Gasteiger charge is -2.13. The molecule has 1 heterocycles. The number of aromatic nitrogens is 1. The fourth-order valence-corrected chi connectivity index (χ4v) is 3.84. The Balaban J connectivity index is 1.69. The molecule has 0 aliphatic heterocycles. The van der Waals surface area contributed by atoms with Crippen LogP contribution in [0, 0.1) is 6.92 Å². The second-order valence-electron chi connectivity index (χ2n) is 6.35. The number of hydrogen-bond donors (Lipinski definition) is 3. The molecule has 0 amide bonds. The molecule has 0 saturated heterocycles. The molecule has 0 aliphatic carbocycles. The summed E-state index contributed by atoms with van der Waals surface area (Å²) >= 11 is 5.24. The van der Waals surface area contributed by atoms with Gasteiger partial charge in [-0.15, -0.1) is 0 Å². The highest BCUT2D eigenvalue weighted by Gasteiger charge is 2.17. The van der Waals surface area contributed by atoms with Crippen LogP contribution in [0.5, 0.6) is 0 Å². The van der Waals surface area contributed by atoms with Crippen molar-refractivity contribution in [3.05, 3.63) is 59.8 Å². The number of sulfonamides is 1. The number of anilines is 1. The van der Waals surface area contributed by atoms with E-state index in [4.69, 9.17) is 12.2 Å². The Morgan fingerprint density at radius 3 is 2.68 bits per heavy atom. The Bertz CT molecular complexity index is 1150. The summed E-state index contributed by atoms with van der Waals surface area (Å²) in [6.45, 7) is 1.98. The highest BCUT2D eigenvalue weighted by molar-refractivity contribution is 7.89. The van der Waals surface area contributed by atoms with Crippen molar-refractivity contribution in [3.8, 4) is 0 Å². The van der Waals surface area contributed by atoms with Crippen LogP contribution in [-0.4, -0.2) is 43.1 Å². The molecule has 0 saturated carbocycles. The maximum absolute atomic E-state index is 12.2. The number of nitrogens with zero attached hydrogens (tertiary/aromatic N) is 2. The topological polar surface area (TPSA) is 89.6 Å². The van der Waals surface area contributed by atoms with Crippen molar-refractivity contribution in [3.63, 3.8) is 0 Å². The second-order valence-corrected chi connectivity index (χ2v) is 8.91. The lowest BCUT2D eigenvalue weighted by molar-refractivity contribution is 0.521. The van der Waals surface area contributed by atoms with Gasteiger partial charge in [-0.2, -0.15) is 5.10 Å². The van der Waals surface area contributed by atoms with E-state index in [1.807, 2.05) is 31.2 Å². The van der Waals surface area contributed by atoms with Gasteiger partial charge in [0.15, 0.2) is 5.11 Å². The minimum Gasteiger partial charge on any atom is -0.358 e. The van der Waals surface area contributed by atoms with E-state index in [1.165, 1.54) is 26.2 Å². The zero-order valence-electron chi connectivity index (χ0n) is 15.7. The number of aromatic amines is 1. The zero-order chi connectivity index (χ0) is 20.3. The standard InChI is InChI=1S/C19H21N5O2S2/c1-13-17(16-9-4-5-10-18(16)21-13)12-20-23-19(27)22-14-7-6-8-15(11-14)28(25,26)24(2)3/h4-12,21H,1-3H3,(H2,22,23,27). The molecule has 28 heavy (non-hydrogen) atoms. The van der Waals surface area contributed by atoms with Gasteiger partial charge in [0.25, 0.3) is 0 Å². The fraction of sp³-hybridized carbons (Fsp3) is 0.158. The van der Waals surface area contributed by atoms with Crippen LogP contribution in [0.3, 0.4) is 0 Å². The maximum Gasteiger partial charge on any atom is 0.242 e. The molecule has 2 aromatic carbocycles. The Morgan fingerprint density at radius 2 is 1.93 bits per heavy atom. The number of thiocarbonyl (C=S) groups is 1. The maximum atomic E-state index is 12.2. The van der Waals surface area contributed by atoms with Gasteiger partial charge in [-0.05, 0) is 43.4 Å². The van der Waals surface area contributed by atoms with E-state index in [2.05, 4.69) is 20.8 Å². The van der Waals surface area contributed by atoms with Crippen LogP contribution in [0.1, 0.15) is 11.3 Å². The van der Waals surface area contributed by atoms with Crippen molar-refractivity contribution in [1.82, 2.24) is 14.7 Å². The summed E-state index contributed by atoms with van der Waals surface area (Å²) in [4.78, 5) is 3.49. The second kappa shape index (κ2) is 8.09. The molecule has 0 radical (unpaired) electrons. The number of H-pyrrole nitrogens is 1. The molecule has 0 unspecified atom stereocenters. The van der Waals surface area contributed by atoms with Crippen molar-refractivity contribution in [2.75, 3.05) is 19.4 Å². The molecule has 0 atom stereocenters. The van der Waals surface area contributed by atoms with Crippen molar-refractivity contribution in [2.24, 2.45) is 5.10 Å². The molecular formula is C19H21N5O2S2. The van der Waals surface area contributed by atoms with E-state index in [0.29, 0.717) is 5.69 Å². The molecular weight excluding hydrogens is 394 g/mol. The third kappa shape index (κ3) is 4.22. The lowest BCUT2D eigenvalue weighted by atomic mass is 10.1. The van der Waals surface area contributed by atoms with Crippen molar-refractivity contribution < 1.29 is 8.42 Å². The first-order valence-electron chi connectivity index (χ1n) is 8.49. The highest BCUT2D eigenvalue weighted by Crippen LogP contribution is 2.20. The number of aryl methyl sites for hydroxylation is 1. The molecule has 3 aromatic rings. The summed E-state index contributed by atoms with van der Waals surface area (Å²) in [7, 11) is -0.532. The SMILES string of the molecule is Cc1[nH]c2ccccc2c1C=NNC(=S)Nc1cccc(S(=O)(=O)N(C)C)c1. The van der Waals surface area contributed by atoms with Gasteiger partial charge >= 0.3 is 0 Å². The van der Waals surface area contributed by atoms with Crippen molar-refractivity contribution >= 4 is 50.2 Å². The minimum atomic E-state index is -3.51. The first-order valence-corrected chi connectivity index (χ1v) is 10.3. The minimum absolute atomic E-state index is 0.184. The van der Waals surface area contributed by atoms with Gasteiger partial charge in [-0.1, -0.05) is 24.3 Å². The average molecular weight is 416 g/mol. The molecule has 1 aromatic heterocycles. The Labute approximate surface area is 169 Å². The summed E-state index contributed by atoms with van der Waals surface area (Å²) in [5, 5.41) is 8.47. The van der Waals surface area contributed by atoms with Gasteiger partial charge in [-0.3, -0.25) is 5.43 Å². The van der Waals surface area contributed by atoms with Gasteiger partial charge in [0, 0.05) is 41.9 Å². The van der Waals surface area contributed by atoms with E-state index in [0.717, 1.165) is 26.5 Å². The van der Waals surface area contributed by atoms with Gasteiger partial charge in [0.05, 0.1) is 11.1 Å². The number of benzene rings is 2. The molecule has 0 aliphatic rings. The summed E-state index contributed by atoms with van der Waals surface area (Å²) in [5.74, 6) is 0. The van der Waals surface area contributed by atoms with Crippen molar-refractivity contribution in [2.45, 2.75) is 11.8 Å². The normalized spacial score (nSPS) is 12.0. The molecule has 0 fully saturated rings. The van der Waals surface area contributed by atoms with Crippen LogP contribution in [0.15, 0.2) is 58.5 Å². The van der Waals surface area contributed by atoms with Gasteiger partial charge in [0.1, 0.15) is 0 Å². The predicted octanol–water partition coefficient (Wildman–Crippen LogP) is 3.05. The first kappa shape index (κ1) is 20.0. The molecule has 0 spiro atoms. The Kier molecular flexibility index (Phi) is 5.78. The molecule has 146 valence electrons. The molecule has 9 heteroatoms. The van der Waals surface area contributed by atoms with Gasteiger partial charge < -0.3 is 10.3 Å². The fourth-order valence-electron chi connectivity index (χ4n) is 2.72. The summed E-state index contributed by atoms with van der Waals surface area (Å²) in [6, 6.07) is 14.4. The molecule has 3 rings (SSSR count). The predicted molar refractivity (Wildman–Crippen MR) is 117 cm³/mol. The van der Waals surface area contributed by atoms with Gasteiger partial charge in [0.2, 0.25) is 10.0 Å². The number of hydrazone groups is 1. The quantitative estimate of drug-likeness (QED) is 0.339. The highest BCUT2D eigenvalue weighted by atomic mass is 32.2. The third-order valence-corrected chi connectivity index (χ3v) is 6.18. The van der Waals surface area contributed by atoms with E-state index in [1.54, 1.807) is 18.3 Å². The smallest absolute Gasteiger partial charge is 0.242 e. The summed E-state index contributed by atoms with van der Waals surface area (Å²) < 4.78 is 25.6. The number of nitrogens with one attached hydrogen (secondary N) is 3. The van der Waals surface area contributed by atoms with E-state index in [9.17, 15) is 8.42 Å². The van der Waals surface area contributed by atoms with Crippen LogP contribution in [0.4, 0.5) is 5.69 Å². The number of fused-ring (bicyclic) bond motifs is 1. The third-order valence-electron chi connectivity index (χ3n) is 4.17. The van der Waals surface area contributed by atoms with E-state index in [-0.39, 0.29) is 10.0 Å². The number of hydrogen-bond acceptors (Lipinski definition) is 4. The van der Waals surface area contributed by atoms with Crippen LogP contribution in [-0.2, 0) is 10.0 Å². The Hall–Kier alpha value is -2.75. The summed E-state index contributed by atoms with van der Waals surface area (Å²) in [5.41, 5.74) is 6.34. The van der Waals surface area contributed by atoms with Crippen LogP contribution in [0.25, 0.3) is 10.9 Å². The molecule has 7 nitrogen and oxygen atoms in total. The summed E-state index contributed by atoms with van der Waals surface area (Å²) in [6.07, 6.45) is 1.70. The first-order chi connectivity index (χ1) is 13.3. The van der Waals surface area contributed by atoms with Crippen LogP contribution in [0.2, 0.25) is 0 Å². The number of para-hydroxylation sites is 1. The van der Waals surface area contributed by atoms with Crippen LogP contribution < -0.4 is 10.7 Å². The van der Waals surface area contributed by atoms with Crippen LogP contribution >= 0.6 is 12.2 Å². The number of rotatable bonds is 5. The van der Waals surface area contributed by atoms with E-state index < -0.39 is 10.0 Å². The molecule has 0 bridgehead atoms. The van der Waals surface area contributed by atoms with Gasteiger partial charge in [-0.25, -0.2) is 12.7 Å². The Morgan fingerprint density at radius 1 is 1.18 bits per heavy atom.